The zero-order valence-electron chi connectivity index (χ0n) is 17.5. The van der Waals surface area contributed by atoms with E-state index in [0.717, 1.165) is 31.2 Å². The standard InChI is InChI=1S/C19H26N2O4.C2HF3O2/c22-19(15-5-10-23-11-6-15)21-9-12-24-18-16(21)1-2-17(18)25-13-14-3-7-20-8-4-14;3-2(4,5)1(6)7/h3-4,7-8,15-18H,1-2,5-6,9-13H2;(H,6,7)/t16-,17+,18+;/m0./s1. The quantitative estimate of drug-likeness (QED) is 0.737. The highest BCUT2D eigenvalue weighted by atomic mass is 19.4. The van der Waals surface area contributed by atoms with Gasteiger partial charge in [0.1, 0.15) is 6.10 Å². The van der Waals surface area contributed by atoms with Crippen molar-refractivity contribution in [2.45, 2.75) is 56.7 Å². The average molecular weight is 460 g/mol. The van der Waals surface area contributed by atoms with Gasteiger partial charge in [-0.05, 0) is 43.4 Å². The lowest BCUT2D eigenvalue weighted by Crippen LogP contribution is -2.55. The molecule has 1 aromatic heterocycles. The minimum absolute atomic E-state index is 0.000576. The summed E-state index contributed by atoms with van der Waals surface area (Å²) in [6, 6.07) is 4.09. The molecular weight excluding hydrogens is 433 g/mol. The molecule has 1 aromatic rings. The molecule has 1 N–H and O–H groups in total. The number of aliphatic carboxylic acids is 1. The van der Waals surface area contributed by atoms with E-state index in [1.54, 1.807) is 12.4 Å². The number of carbonyl (C=O) groups is 2. The van der Waals surface area contributed by atoms with Gasteiger partial charge in [-0.2, -0.15) is 13.2 Å². The normalized spacial score (nSPS) is 26.1. The lowest BCUT2D eigenvalue weighted by Gasteiger charge is -2.41. The lowest BCUT2D eigenvalue weighted by molar-refractivity contribution is -0.192. The fraction of sp³-hybridized carbons (Fsp3) is 0.667. The Hall–Kier alpha value is -2.24. The molecule has 8 nitrogen and oxygen atoms in total. The first-order chi connectivity index (χ1) is 15.3. The maximum absolute atomic E-state index is 12.9. The Balaban J connectivity index is 0.000000360. The number of pyridine rings is 1. The van der Waals surface area contributed by atoms with E-state index in [1.165, 1.54) is 0 Å². The molecule has 0 unspecified atom stereocenters. The maximum atomic E-state index is 12.9. The summed E-state index contributed by atoms with van der Waals surface area (Å²) in [6.07, 6.45) is 2.12. The molecule has 3 atom stereocenters. The molecular formula is C21H27F3N2O6. The topological polar surface area (TPSA) is 98.2 Å². The highest BCUT2D eigenvalue weighted by Crippen LogP contribution is 2.34. The zero-order chi connectivity index (χ0) is 23.1. The van der Waals surface area contributed by atoms with Gasteiger partial charge in [-0.25, -0.2) is 4.79 Å². The number of carboxylic acids is 1. The van der Waals surface area contributed by atoms with E-state index in [-0.39, 0.29) is 30.1 Å². The molecule has 0 radical (unpaired) electrons. The third-order valence-corrected chi connectivity index (χ3v) is 5.84. The van der Waals surface area contributed by atoms with Crippen molar-refractivity contribution in [2.75, 3.05) is 26.4 Å². The molecule has 3 fully saturated rings. The number of amides is 1. The molecule has 32 heavy (non-hydrogen) atoms. The third-order valence-electron chi connectivity index (χ3n) is 5.84. The second-order valence-corrected chi connectivity index (χ2v) is 7.91. The van der Waals surface area contributed by atoms with E-state index >= 15 is 0 Å². The molecule has 178 valence electrons. The van der Waals surface area contributed by atoms with Crippen LogP contribution in [0.3, 0.4) is 0 Å². The predicted molar refractivity (Wildman–Crippen MR) is 105 cm³/mol. The highest BCUT2D eigenvalue weighted by Gasteiger charge is 2.46. The fourth-order valence-electron chi connectivity index (χ4n) is 4.23. The van der Waals surface area contributed by atoms with Crippen LogP contribution in [-0.2, 0) is 30.4 Å². The van der Waals surface area contributed by atoms with Gasteiger partial charge < -0.3 is 24.2 Å². The number of rotatable bonds is 4. The Kier molecular flexibility index (Phi) is 8.44. The molecule has 1 saturated carbocycles. The van der Waals surface area contributed by atoms with Crippen molar-refractivity contribution in [1.29, 1.82) is 0 Å². The van der Waals surface area contributed by atoms with Gasteiger partial charge >= 0.3 is 12.1 Å². The van der Waals surface area contributed by atoms with Gasteiger partial charge in [-0.1, -0.05) is 0 Å². The van der Waals surface area contributed by atoms with Gasteiger partial charge in [0.05, 0.1) is 25.4 Å². The molecule has 2 saturated heterocycles. The van der Waals surface area contributed by atoms with Crippen LogP contribution in [0.4, 0.5) is 13.2 Å². The number of alkyl halides is 3. The van der Waals surface area contributed by atoms with E-state index in [2.05, 4.69) is 9.88 Å². The number of fused-ring (bicyclic) bond motifs is 1. The number of hydrogen-bond donors (Lipinski definition) is 1. The molecule has 4 rings (SSSR count). The Morgan fingerprint density at radius 2 is 1.78 bits per heavy atom. The Bertz CT molecular complexity index is 758. The molecule has 3 heterocycles. The zero-order valence-corrected chi connectivity index (χ0v) is 17.5. The molecule has 1 amide bonds. The summed E-state index contributed by atoms with van der Waals surface area (Å²) in [6.45, 7) is 3.27. The molecule has 2 aliphatic heterocycles. The number of halogens is 3. The van der Waals surface area contributed by atoms with Crippen molar-refractivity contribution < 1.29 is 42.1 Å². The van der Waals surface area contributed by atoms with Crippen LogP contribution in [0.15, 0.2) is 24.5 Å². The summed E-state index contributed by atoms with van der Waals surface area (Å²) in [5.74, 6) is -2.35. The third kappa shape index (κ3) is 6.39. The van der Waals surface area contributed by atoms with Crippen molar-refractivity contribution in [3.05, 3.63) is 30.1 Å². The predicted octanol–water partition coefficient (Wildman–Crippen LogP) is 2.42. The van der Waals surface area contributed by atoms with Crippen LogP contribution in [0.2, 0.25) is 0 Å². The van der Waals surface area contributed by atoms with Gasteiger partial charge in [0.25, 0.3) is 0 Å². The van der Waals surface area contributed by atoms with Crippen LogP contribution in [0.5, 0.6) is 0 Å². The van der Waals surface area contributed by atoms with E-state index in [9.17, 15) is 18.0 Å². The molecule has 0 spiro atoms. The summed E-state index contributed by atoms with van der Waals surface area (Å²) in [5, 5.41) is 7.12. The summed E-state index contributed by atoms with van der Waals surface area (Å²) >= 11 is 0. The minimum Gasteiger partial charge on any atom is -0.475 e. The summed E-state index contributed by atoms with van der Waals surface area (Å²) < 4.78 is 49.3. The van der Waals surface area contributed by atoms with Crippen LogP contribution in [0.25, 0.3) is 0 Å². The SMILES string of the molecule is O=C(C1CCOCC1)N1CCO[C@H]2[C@H](OCc3ccncc3)CC[C@@H]21.O=C(O)C(F)(F)F. The van der Waals surface area contributed by atoms with E-state index in [4.69, 9.17) is 24.1 Å². The number of morpholine rings is 1. The monoisotopic (exact) mass is 460 g/mol. The largest absolute Gasteiger partial charge is 0.490 e. The smallest absolute Gasteiger partial charge is 0.475 e. The van der Waals surface area contributed by atoms with Gasteiger partial charge in [-0.3, -0.25) is 9.78 Å². The lowest BCUT2D eigenvalue weighted by atomic mass is 9.97. The minimum atomic E-state index is -5.08. The first-order valence-corrected chi connectivity index (χ1v) is 10.6. The second-order valence-electron chi connectivity index (χ2n) is 7.91. The molecule has 0 aromatic carbocycles. The molecule has 0 bridgehead atoms. The van der Waals surface area contributed by atoms with Crippen molar-refractivity contribution in [3.8, 4) is 0 Å². The van der Waals surface area contributed by atoms with E-state index < -0.39 is 12.1 Å². The van der Waals surface area contributed by atoms with Crippen molar-refractivity contribution in [1.82, 2.24) is 9.88 Å². The van der Waals surface area contributed by atoms with E-state index in [0.29, 0.717) is 33.0 Å². The van der Waals surface area contributed by atoms with Gasteiger partial charge in [-0.15, -0.1) is 0 Å². The Morgan fingerprint density at radius 1 is 1.12 bits per heavy atom. The average Bonchev–Trinajstić information content (AvgIpc) is 3.21. The van der Waals surface area contributed by atoms with Crippen molar-refractivity contribution in [2.24, 2.45) is 5.92 Å². The fourth-order valence-corrected chi connectivity index (χ4v) is 4.23. The number of carboxylic acid groups (broad SMARTS) is 1. The van der Waals surface area contributed by atoms with Crippen LogP contribution >= 0.6 is 0 Å². The van der Waals surface area contributed by atoms with Crippen LogP contribution < -0.4 is 0 Å². The second kappa shape index (κ2) is 11.1. The van der Waals surface area contributed by atoms with Crippen molar-refractivity contribution >= 4 is 11.9 Å². The van der Waals surface area contributed by atoms with Crippen molar-refractivity contribution in [3.63, 3.8) is 0 Å². The number of carbonyl (C=O) groups excluding carboxylic acids is 1. The molecule has 1 aliphatic carbocycles. The first-order valence-electron chi connectivity index (χ1n) is 10.6. The summed E-state index contributed by atoms with van der Waals surface area (Å²) in [5.41, 5.74) is 1.12. The van der Waals surface area contributed by atoms with E-state index in [1.807, 2.05) is 12.1 Å². The Labute approximate surface area is 183 Å². The number of hydrogen-bond acceptors (Lipinski definition) is 6. The number of ether oxygens (including phenoxy) is 3. The summed E-state index contributed by atoms with van der Waals surface area (Å²) in [7, 11) is 0. The van der Waals surface area contributed by atoms with Crippen LogP contribution in [0.1, 0.15) is 31.2 Å². The van der Waals surface area contributed by atoms with Gasteiger partial charge in [0.2, 0.25) is 5.91 Å². The number of aromatic nitrogens is 1. The molecule has 11 heteroatoms. The summed E-state index contributed by atoms with van der Waals surface area (Å²) in [4.78, 5) is 27.9. The Morgan fingerprint density at radius 3 is 2.41 bits per heavy atom. The van der Waals surface area contributed by atoms with Gasteiger partial charge in [0, 0.05) is 38.1 Å². The molecule has 3 aliphatic rings. The maximum Gasteiger partial charge on any atom is 0.490 e. The number of nitrogens with zero attached hydrogens (tertiary/aromatic N) is 2. The first kappa shape index (κ1) is 24.4. The van der Waals surface area contributed by atoms with Gasteiger partial charge in [0.15, 0.2) is 0 Å². The highest BCUT2D eigenvalue weighted by molar-refractivity contribution is 5.79. The van der Waals surface area contributed by atoms with Crippen LogP contribution in [-0.4, -0.2) is 77.7 Å². The van der Waals surface area contributed by atoms with Crippen LogP contribution in [0, 0.1) is 5.92 Å².